The average Bonchev–Trinajstić information content (AvgIpc) is 3.75. The number of carboxylic acid groups (broad SMARTS) is 1. The summed E-state index contributed by atoms with van der Waals surface area (Å²) in [5.41, 5.74) is 1.22. The number of alkyl halides is 3. The smallest absolute Gasteiger partial charge is 0.387 e. The number of fused-ring (bicyclic) bond motifs is 1. The van der Waals surface area contributed by atoms with Crippen LogP contribution in [0.1, 0.15) is 41.5 Å². The monoisotopic (exact) mass is 673 g/mol. The summed E-state index contributed by atoms with van der Waals surface area (Å²) in [5.74, 6) is 1.01. The zero-order valence-electron chi connectivity index (χ0n) is 26.0. The largest absolute Gasteiger partial charge is 0.494 e. The molecule has 1 saturated heterocycles. The summed E-state index contributed by atoms with van der Waals surface area (Å²) in [6.07, 6.45) is 1.54. The number of nitrogens with zero attached hydrogens (tertiary/aromatic N) is 5. The molecule has 0 amide bonds. The highest BCUT2D eigenvalue weighted by atomic mass is 35.5. The van der Waals surface area contributed by atoms with Crippen molar-refractivity contribution in [2.24, 2.45) is 5.41 Å². The second kappa shape index (κ2) is 13.5. The van der Waals surface area contributed by atoms with E-state index in [9.17, 15) is 23.1 Å². The fraction of sp³-hybridized carbons (Fsp3) is 0.424. The molecule has 4 aromatic rings. The van der Waals surface area contributed by atoms with E-state index in [0.29, 0.717) is 66.8 Å². The summed E-state index contributed by atoms with van der Waals surface area (Å²) in [6.45, 7) is 1.52. The van der Waals surface area contributed by atoms with Gasteiger partial charge in [-0.2, -0.15) is 13.8 Å². The van der Waals surface area contributed by atoms with Gasteiger partial charge in [-0.05, 0) is 50.1 Å². The molecular weight excluding hydrogens is 639 g/mol. The van der Waals surface area contributed by atoms with E-state index < -0.39 is 24.7 Å². The Labute approximate surface area is 274 Å². The Hall–Kier alpha value is -4.23. The van der Waals surface area contributed by atoms with Gasteiger partial charge in [-0.1, -0.05) is 23.7 Å². The predicted molar refractivity (Wildman–Crippen MR) is 170 cm³/mol. The van der Waals surface area contributed by atoms with Crippen LogP contribution < -0.4 is 19.1 Å². The first-order chi connectivity index (χ1) is 22.6. The molecular formula is C33H35ClF3N5O5. The van der Waals surface area contributed by atoms with Gasteiger partial charge in [0.1, 0.15) is 35.3 Å². The Morgan fingerprint density at radius 1 is 1.13 bits per heavy atom. The lowest BCUT2D eigenvalue weighted by Crippen LogP contribution is -2.52. The molecule has 2 aliphatic rings. The molecule has 1 N–H and O–H groups in total. The van der Waals surface area contributed by atoms with Gasteiger partial charge in [0.15, 0.2) is 0 Å². The van der Waals surface area contributed by atoms with Crippen LogP contribution in [-0.2, 0) is 19.7 Å². The van der Waals surface area contributed by atoms with Gasteiger partial charge in [0.2, 0.25) is 5.88 Å². The number of imidazole rings is 1. The number of pyridine rings is 1. The number of halogens is 4. The molecule has 2 fully saturated rings. The Bertz CT molecular complexity index is 1770. The maximum absolute atomic E-state index is 14.1. The number of hydrogen-bond donors (Lipinski definition) is 1. The summed E-state index contributed by atoms with van der Waals surface area (Å²) in [4.78, 5) is 25.9. The third kappa shape index (κ3) is 7.20. The summed E-state index contributed by atoms with van der Waals surface area (Å²) in [5, 5.41) is 9.98. The zero-order chi connectivity index (χ0) is 33.3. The number of carbonyl (C=O) groups is 1. The second-order valence-electron chi connectivity index (χ2n) is 12.1. The van der Waals surface area contributed by atoms with Gasteiger partial charge in [-0.3, -0.25) is 9.29 Å². The molecule has 2 aromatic carbocycles. The minimum absolute atomic E-state index is 0.0384. The van der Waals surface area contributed by atoms with Gasteiger partial charge >= 0.3 is 12.6 Å². The molecule has 0 spiro atoms. The lowest BCUT2D eigenvalue weighted by atomic mass is 10.1. The minimum atomic E-state index is -2.99. The lowest BCUT2D eigenvalue weighted by molar-refractivity contribution is -0.0508. The quantitative estimate of drug-likeness (QED) is 0.172. The van der Waals surface area contributed by atoms with Crippen LogP contribution in [0.3, 0.4) is 0 Å². The molecule has 3 heterocycles. The van der Waals surface area contributed by atoms with Crippen LogP contribution in [0.25, 0.3) is 11.0 Å². The van der Waals surface area contributed by atoms with E-state index in [4.69, 9.17) is 26.1 Å². The SMILES string of the molecule is COc1cc(C(=O)O)cc2c1nc(CN1CCN(c3cccc(OCc4ccc(Cl)cc4OC(F)F)n3)C[C@@H]1C)n2CC1(CF)CC1. The number of aromatic nitrogens is 3. The summed E-state index contributed by atoms with van der Waals surface area (Å²) < 4.78 is 57.8. The molecule has 1 aliphatic heterocycles. The maximum Gasteiger partial charge on any atom is 0.387 e. The van der Waals surface area contributed by atoms with E-state index in [-0.39, 0.29) is 29.0 Å². The maximum atomic E-state index is 14.1. The van der Waals surface area contributed by atoms with Crippen LogP contribution in [0.2, 0.25) is 5.02 Å². The van der Waals surface area contributed by atoms with Crippen molar-refractivity contribution < 1.29 is 37.3 Å². The first-order valence-corrected chi connectivity index (χ1v) is 15.6. The molecule has 10 nitrogen and oxygen atoms in total. The van der Waals surface area contributed by atoms with E-state index in [1.165, 1.54) is 19.2 Å². The van der Waals surface area contributed by atoms with Crippen molar-refractivity contribution in [3.63, 3.8) is 0 Å². The van der Waals surface area contributed by atoms with Gasteiger partial charge in [0.25, 0.3) is 0 Å². The number of carboxylic acids is 1. The predicted octanol–water partition coefficient (Wildman–Crippen LogP) is 6.43. The third-order valence-electron chi connectivity index (χ3n) is 8.86. The molecule has 6 rings (SSSR count). The normalized spacial score (nSPS) is 17.7. The number of piperazine rings is 1. The van der Waals surface area contributed by atoms with Crippen molar-refractivity contribution in [2.75, 3.05) is 38.3 Å². The van der Waals surface area contributed by atoms with Crippen LogP contribution >= 0.6 is 11.6 Å². The van der Waals surface area contributed by atoms with Gasteiger partial charge < -0.3 is 28.8 Å². The molecule has 1 aliphatic carbocycles. The highest BCUT2D eigenvalue weighted by molar-refractivity contribution is 6.30. The van der Waals surface area contributed by atoms with Crippen LogP contribution in [0.5, 0.6) is 17.4 Å². The van der Waals surface area contributed by atoms with Crippen molar-refractivity contribution in [3.05, 3.63) is 70.5 Å². The molecule has 47 heavy (non-hydrogen) atoms. The number of benzene rings is 2. The van der Waals surface area contributed by atoms with Crippen LogP contribution in [0.4, 0.5) is 19.0 Å². The highest BCUT2D eigenvalue weighted by Gasteiger charge is 2.44. The third-order valence-corrected chi connectivity index (χ3v) is 9.10. The van der Waals surface area contributed by atoms with Crippen molar-refractivity contribution in [1.29, 1.82) is 0 Å². The first kappa shape index (κ1) is 32.7. The number of rotatable bonds is 13. The summed E-state index contributed by atoms with van der Waals surface area (Å²) >= 11 is 5.95. The van der Waals surface area contributed by atoms with Crippen LogP contribution in [0.15, 0.2) is 48.5 Å². The van der Waals surface area contributed by atoms with Crippen LogP contribution in [0, 0.1) is 5.41 Å². The van der Waals surface area contributed by atoms with E-state index in [1.807, 2.05) is 16.7 Å². The van der Waals surface area contributed by atoms with Crippen molar-refractivity contribution >= 4 is 34.4 Å². The second-order valence-corrected chi connectivity index (χ2v) is 12.6. The van der Waals surface area contributed by atoms with E-state index in [1.54, 1.807) is 24.3 Å². The zero-order valence-corrected chi connectivity index (χ0v) is 26.7. The number of anilines is 1. The molecule has 1 saturated carbocycles. The molecule has 1 atom stereocenters. The summed E-state index contributed by atoms with van der Waals surface area (Å²) in [7, 11) is 1.48. The van der Waals surface area contributed by atoms with Gasteiger partial charge in [0.05, 0.1) is 31.4 Å². The van der Waals surface area contributed by atoms with Gasteiger partial charge in [0, 0.05) is 54.3 Å². The molecule has 14 heteroatoms. The fourth-order valence-corrected chi connectivity index (χ4v) is 6.11. The Kier molecular flexibility index (Phi) is 9.38. The van der Waals surface area contributed by atoms with E-state index in [0.717, 1.165) is 18.7 Å². The highest BCUT2D eigenvalue weighted by Crippen LogP contribution is 2.48. The topological polar surface area (TPSA) is 102 Å². The Balaban J connectivity index is 1.17. The van der Waals surface area contributed by atoms with E-state index in [2.05, 4.69) is 26.4 Å². The first-order valence-electron chi connectivity index (χ1n) is 15.3. The fourth-order valence-electron chi connectivity index (χ4n) is 5.95. The van der Waals surface area contributed by atoms with Crippen molar-refractivity contribution in [2.45, 2.75) is 52.1 Å². The minimum Gasteiger partial charge on any atom is -0.494 e. The lowest BCUT2D eigenvalue weighted by Gasteiger charge is -2.40. The van der Waals surface area contributed by atoms with Gasteiger partial charge in [-0.25, -0.2) is 9.78 Å². The standard InChI is InChI=1S/C33H35ClF3N5O5/c1-20-15-41(27-4-3-5-29(38-27)46-17-21-6-7-23(34)14-25(21)47-32(36)37)11-10-40(20)16-28-39-30-24(42(28)19-33(18-35)8-9-33)12-22(31(43)44)13-26(30)45-2/h3-7,12-14,20,32H,8-11,15-19H2,1-2H3,(H,43,44)/t20-/m0/s1. The summed E-state index contributed by atoms with van der Waals surface area (Å²) in [6, 6.07) is 13.0. The molecule has 2 aromatic heterocycles. The van der Waals surface area contributed by atoms with Gasteiger partial charge in [-0.15, -0.1) is 0 Å². The molecule has 0 bridgehead atoms. The van der Waals surface area contributed by atoms with E-state index >= 15 is 0 Å². The van der Waals surface area contributed by atoms with Crippen molar-refractivity contribution in [1.82, 2.24) is 19.4 Å². The average molecular weight is 674 g/mol. The number of methoxy groups -OCH3 is 1. The Morgan fingerprint density at radius 3 is 2.62 bits per heavy atom. The number of hydrogen-bond acceptors (Lipinski definition) is 8. The number of aromatic carboxylic acids is 1. The molecule has 250 valence electrons. The molecule has 0 radical (unpaired) electrons. The van der Waals surface area contributed by atoms with Crippen molar-refractivity contribution in [3.8, 4) is 17.4 Å². The number of ether oxygens (including phenoxy) is 3. The molecule has 0 unspecified atom stereocenters. The Morgan fingerprint density at radius 2 is 1.94 bits per heavy atom. The van der Waals surface area contributed by atoms with Crippen LogP contribution in [-0.4, -0.2) is 76.6 Å².